The summed E-state index contributed by atoms with van der Waals surface area (Å²) in [5.74, 6) is 0.294. The van der Waals surface area contributed by atoms with Crippen molar-refractivity contribution < 1.29 is 18.7 Å². The number of hydrogen-bond acceptors (Lipinski definition) is 4. The summed E-state index contributed by atoms with van der Waals surface area (Å²) in [5.41, 5.74) is 1.28. The molecule has 3 rings (SSSR count). The first-order chi connectivity index (χ1) is 12.2. The number of amides is 2. The molecule has 2 amide bonds. The van der Waals surface area contributed by atoms with Gasteiger partial charge in [0.1, 0.15) is 11.3 Å². The molecule has 0 saturated heterocycles. The number of fused-ring (bicyclic) bond motifs is 1. The van der Waals surface area contributed by atoms with Crippen molar-refractivity contribution in [3.8, 4) is 5.75 Å². The number of ether oxygens (including phenoxy) is 1. The van der Waals surface area contributed by atoms with Crippen LogP contribution in [0.1, 0.15) is 17.5 Å². The van der Waals surface area contributed by atoms with E-state index in [9.17, 15) is 9.59 Å². The van der Waals surface area contributed by atoms with Crippen molar-refractivity contribution in [3.05, 3.63) is 60.4 Å². The predicted octanol–water partition coefficient (Wildman–Crippen LogP) is 3.20. The molecule has 2 N–H and O–H groups in total. The van der Waals surface area contributed by atoms with Gasteiger partial charge in [0.05, 0.1) is 0 Å². The summed E-state index contributed by atoms with van der Waals surface area (Å²) in [6, 6.07) is 15.9. The zero-order valence-electron chi connectivity index (χ0n) is 13.7. The molecule has 0 atom stereocenters. The van der Waals surface area contributed by atoms with E-state index in [1.165, 1.54) is 0 Å². The number of para-hydroxylation sites is 1. The molecule has 6 heteroatoms. The van der Waals surface area contributed by atoms with E-state index in [1.807, 2.05) is 31.2 Å². The summed E-state index contributed by atoms with van der Waals surface area (Å²) in [6.07, 6.45) is 0. The number of carbonyl (C=O) groups excluding carboxylic acids is 2. The van der Waals surface area contributed by atoms with E-state index in [0.29, 0.717) is 23.6 Å². The van der Waals surface area contributed by atoms with Crippen molar-refractivity contribution in [2.75, 3.05) is 18.5 Å². The number of anilines is 1. The molecule has 0 saturated carbocycles. The SMILES string of the molecule is CCNC(=O)COc1ccc(NC(=O)c2cc3ccccc3o2)cc1. The van der Waals surface area contributed by atoms with Crippen LogP contribution in [0, 0.1) is 0 Å². The lowest BCUT2D eigenvalue weighted by Gasteiger charge is -2.07. The van der Waals surface area contributed by atoms with Gasteiger partial charge in [0, 0.05) is 17.6 Å². The van der Waals surface area contributed by atoms with Gasteiger partial charge in [-0.2, -0.15) is 0 Å². The van der Waals surface area contributed by atoms with Crippen LogP contribution in [0.15, 0.2) is 59.0 Å². The topological polar surface area (TPSA) is 80.6 Å². The molecule has 25 heavy (non-hydrogen) atoms. The van der Waals surface area contributed by atoms with Crippen molar-refractivity contribution in [1.82, 2.24) is 5.32 Å². The first-order valence-corrected chi connectivity index (χ1v) is 7.95. The van der Waals surface area contributed by atoms with Gasteiger partial charge in [-0.05, 0) is 43.3 Å². The summed E-state index contributed by atoms with van der Waals surface area (Å²) in [5, 5.41) is 6.29. The van der Waals surface area contributed by atoms with Gasteiger partial charge in [0.2, 0.25) is 0 Å². The second-order valence-corrected chi connectivity index (χ2v) is 5.37. The Kier molecular flexibility index (Phi) is 4.99. The second-order valence-electron chi connectivity index (χ2n) is 5.37. The van der Waals surface area contributed by atoms with Crippen LogP contribution in [0.4, 0.5) is 5.69 Å². The zero-order valence-corrected chi connectivity index (χ0v) is 13.7. The molecule has 0 fully saturated rings. The fraction of sp³-hybridized carbons (Fsp3) is 0.158. The van der Waals surface area contributed by atoms with E-state index in [-0.39, 0.29) is 24.2 Å². The minimum absolute atomic E-state index is 0.0431. The summed E-state index contributed by atoms with van der Waals surface area (Å²) in [7, 11) is 0. The maximum absolute atomic E-state index is 12.3. The van der Waals surface area contributed by atoms with E-state index in [4.69, 9.17) is 9.15 Å². The average molecular weight is 338 g/mol. The average Bonchev–Trinajstić information content (AvgIpc) is 3.06. The molecule has 3 aromatic rings. The van der Waals surface area contributed by atoms with E-state index >= 15 is 0 Å². The molecular formula is C19H18N2O4. The number of benzene rings is 2. The summed E-state index contributed by atoms with van der Waals surface area (Å²) in [6.45, 7) is 2.37. The molecule has 0 aliphatic heterocycles. The molecule has 0 radical (unpaired) electrons. The van der Waals surface area contributed by atoms with Gasteiger partial charge >= 0.3 is 0 Å². The van der Waals surface area contributed by atoms with Crippen LogP contribution in [-0.2, 0) is 4.79 Å². The zero-order chi connectivity index (χ0) is 17.6. The Labute approximate surface area is 144 Å². The van der Waals surface area contributed by atoms with Crippen LogP contribution >= 0.6 is 0 Å². The Bertz CT molecular complexity index is 851. The molecule has 128 valence electrons. The number of rotatable bonds is 6. The highest BCUT2D eigenvalue weighted by Crippen LogP contribution is 2.21. The molecule has 0 unspecified atom stereocenters. The standard InChI is InChI=1S/C19H18N2O4/c1-2-20-18(22)12-24-15-9-7-14(8-10-15)21-19(23)17-11-13-5-3-4-6-16(13)25-17/h3-11H,2,12H2,1H3,(H,20,22)(H,21,23). The lowest BCUT2D eigenvalue weighted by molar-refractivity contribution is -0.122. The number of hydrogen-bond donors (Lipinski definition) is 2. The van der Waals surface area contributed by atoms with Gasteiger partial charge in [0.15, 0.2) is 12.4 Å². The molecule has 0 spiro atoms. The monoisotopic (exact) mass is 338 g/mol. The van der Waals surface area contributed by atoms with Gasteiger partial charge in [-0.15, -0.1) is 0 Å². The highest BCUT2D eigenvalue weighted by molar-refractivity contribution is 6.04. The Morgan fingerprint density at radius 2 is 1.84 bits per heavy atom. The maximum Gasteiger partial charge on any atom is 0.291 e. The fourth-order valence-corrected chi connectivity index (χ4v) is 2.32. The third-order valence-corrected chi connectivity index (χ3v) is 3.51. The highest BCUT2D eigenvalue weighted by Gasteiger charge is 2.12. The van der Waals surface area contributed by atoms with Crippen LogP contribution in [0.3, 0.4) is 0 Å². The summed E-state index contributed by atoms with van der Waals surface area (Å²) >= 11 is 0. The third-order valence-electron chi connectivity index (χ3n) is 3.51. The number of carbonyl (C=O) groups is 2. The van der Waals surface area contributed by atoms with E-state index in [1.54, 1.807) is 30.3 Å². The molecule has 1 heterocycles. The van der Waals surface area contributed by atoms with Crippen molar-refractivity contribution in [3.63, 3.8) is 0 Å². The highest BCUT2D eigenvalue weighted by atomic mass is 16.5. The molecule has 1 aromatic heterocycles. The smallest absolute Gasteiger partial charge is 0.291 e. The number of nitrogens with one attached hydrogen (secondary N) is 2. The molecule has 0 aliphatic carbocycles. The molecule has 0 bridgehead atoms. The predicted molar refractivity (Wildman–Crippen MR) is 94.8 cm³/mol. The minimum atomic E-state index is -0.327. The van der Waals surface area contributed by atoms with E-state index in [2.05, 4.69) is 10.6 Å². The maximum atomic E-state index is 12.3. The molecule has 0 aliphatic rings. The van der Waals surface area contributed by atoms with Crippen LogP contribution in [0.25, 0.3) is 11.0 Å². The van der Waals surface area contributed by atoms with Gasteiger partial charge in [0.25, 0.3) is 11.8 Å². The third kappa shape index (κ3) is 4.17. The number of likely N-dealkylation sites (N-methyl/N-ethyl adjacent to an activating group) is 1. The van der Waals surface area contributed by atoms with Crippen LogP contribution in [0.2, 0.25) is 0 Å². The largest absolute Gasteiger partial charge is 0.484 e. The Balaban J connectivity index is 1.60. The van der Waals surface area contributed by atoms with Crippen LogP contribution < -0.4 is 15.4 Å². The first-order valence-electron chi connectivity index (χ1n) is 7.95. The Hall–Kier alpha value is -3.28. The Morgan fingerprint density at radius 3 is 2.56 bits per heavy atom. The molecule has 2 aromatic carbocycles. The second kappa shape index (κ2) is 7.53. The van der Waals surface area contributed by atoms with Crippen LogP contribution in [0.5, 0.6) is 5.75 Å². The van der Waals surface area contributed by atoms with Gasteiger partial charge < -0.3 is 19.8 Å². The summed E-state index contributed by atoms with van der Waals surface area (Å²) < 4.78 is 10.9. The molecule has 6 nitrogen and oxygen atoms in total. The fourth-order valence-electron chi connectivity index (χ4n) is 2.32. The lowest BCUT2D eigenvalue weighted by Crippen LogP contribution is -2.28. The number of furan rings is 1. The van der Waals surface area contributed by atoms with Gasteiger partial charge in [-0.25, -0.2) is 0 Å². The Morgan fingerprint density at radius 1 is 1.08 bits per heavy atom. The van der Waals surface area contributed by atoms with Crippen molar-refractivity contribution >= 4 is 28.5 Å². The molecular weight excluding hydrogens is 320 g/mol. The quantitative estimate of drug-likeness (QED) is 0.723. The minimum Gasteiger partial charge on any atom is -0.484 e. The van der Waals surface area contributed by atoms with Gasteiger partial charge in [-0.1, -0.05) is 18.2 Å². The normalized spacial score (nSPS) is 10.4. The summed E-state index contributed by atoms with van der Waals surface area (Å²) in [4.78, 5) is 23.6. The van der Waals surface area contributed by atoms with Crippen LogP contribution in [-0.4, -0.2) is 25.0 Å². The van der Waals surface area contributed by atoms with Crippen molar-refractivity contribution in [2.24, 2.45) is 0 Å². The van der Waals surface area contributed by atoms with Gasteiger partial charge in [-0.3, -0.25) is 9.59 Å². The van der Waals surface area contributed by atoms with Crippen molar-refractivity contribution in [1.29, 1.82) is 0 Å². The first kappa shape index (κ1) is 16.6. The van der Waals surface area contributed by atoms with E-state index < -0.39 is 0 Å². The lowest BCUT2D eigenvalue weighted by atomic mass is 10.2. The van der Waals surface area contributed by atoms with Crippen molar-refractivity contribution in [2.45, 2.75) is 6.92 Å². The van der Waals surface area contributed by atoms with E-state index in [0.717, 1.165) is 5.39 Å².